The smallest absolute Gasteiger partial charge is 0.410 e. The number of hydrogen-bond donors (Lipinski definition) is 2. The summed E-state index contributed by atoms with van der Waals surface area (Å²) in [7, 11) is 3.07. The molecule has 1 amide bonds. The van der Waals surface area contributed by atoms with Gasteiger partial charge < -0.3 is 24.4 Å². The number of carboxylic acid groups (broad SMARTS) is 2. The van der Waals surface area contributed by atoms with E-state index < -0.39 is 29.0 Å². The van der Waals surface area contributed by atoms with E-state index in [0.717, 1.165) is 16.7 Å². The minimum Gasteiger partial charge on any atom is -0.493 e. The van der Waals surface area contributed by atoms with Crippen LogP contribution in [0.5, 0.6) is 11.5 Å². The Bertz CT molecular complexity index is 1110. The molecule has 186 valence electrons. The molecule has 2 N–H and O–H groups in total. The lowest BCUT2D eigenvalue weighted by Crippen LogP contribution is -2.58. The van der Waals surface area contributed by atoms with Gasteiger partial charge >= 0.3 is 18.0 Å². The summed E-state index contributed by atoms with van der Waals surface area (Å²) < 4.78 is 16.6. The van der Waals surface area contributed by atoms with Crippen molar-refractivity contribution < 1.29 is 38.8 Å². The number of methoxy groups -OCH3 is 2. The number of carbonyl (C=O) groups is 3. The van der Waals surface area contributed by atoms with Gasteiger partial charge in [-0.05, 0) is 60.9 Å². The molecule has 2 aliphatic rings. The zero-order chi connectivity index (χ0) is 25.2. The van der Waals surface area contributed by atoms with E-state index in [1.165, 1.54) is 7.11 Å². The van der Waals surface area contributed by atoms with E-state index in [1.54, 1.807) is 12.0 Å². The van der Waals surface area contributed by atoms with E-state index in [0.29, 0.717) is 24.5 Å². The Kier molecular flexibility index (Phi) is 6.60. The third-order valence-corrected chi connectivity index (χ3v) is 7.41. The van der Waals surface area contributed by atoms with Crippen LogP contribution in [0.25, 0.3) is 0 Å². The van der Waals surface area contributed by atoms with Crippen molar-refractivity contribution in [2.75, 3.05) is 20.8 Å². The van der Waals surface area contributed by atoms with Crippen LogP contribution in [0.15, 0.2) is 42.5 Å². The first-order valence-corrected chi connectivity index (χ1v) is 11.5. The van der Waals surface area contributed by atoms with Crippen molar-refractivity contribution in [3.05, 3.63) is 59.2 Å². The van der Waals surface area contributed by atoms with Gasteiger partial charge in [0, 0.05) is 6.54 Å². The van der Waals surface area contributed by atoms with E-state index in [1.807, 2.05) is 42.5 Å². The molecule has 1 aliphatic carbocycles. The van der Waals surface area contributed by atoms with Crippen LogP contribution in [0, 0.1) is 5.41 Å². The first-order valence-electron chi connectivity index (χ1n) is 11.5. The maximum absolute atomic E-state index is 13.4. The van der Waals surface area contributed by atoms with Crippen molar-refractivity contribution in [3.63, 3.8) is 0 Å². The van der Waals surface area contributed by atoms with E-state index in [-0.39, 0.29) is 32.3 Å². The van der Waals surface area contributed by atoms with Gasteiger partial charge in [-0.1, -0.05) is 30.3 Å². The summed E-state index contributed by atoms with van der Waals surface area (Å²) in [6, 6.07) is 13.0. The number of benzene rings is 2. The summed E-state index contributed by atoms with van der Waals surface area (Å²) in [4.78, 5) is 39.0. The van der Waals surface area contributed by atoms with Crippen molar-refractivity contribution in [2.24, 2.45) is 5.41 Å². The molecule has 35 heavy (non-hydrogen) atoms. The fourth-order valence-corrected chi connectivity index (χ4v) is 5.36. The molecular weight excluding hydrogens is 454 g/mol. The molecular formula is C26H29NO8. The molecule has 1 heterocycles. The Morgan fingerprint density at radius 2 is 1.51 bits per heavy atom. The summed E-state index contributed by atoms with van der Waals surface area (Å²) in [5.74, 6) is -1.68. The van der Waals surface area contributed by atoms with Gasteiger partial charge in [0.1, 0.15) is 6.61 Å². The van der Waals surface area contributed by atoms with E-state index >= 15 is 0 Å². The van der Waals surface area contributed by atoms with Crippen LogP contribution >= 0.6 is 0 Å². The second-order valence-electron chi connectivity index (χ2n) is 9.03. The molecule has 0 unspecified atom stereocenters. The number of fused-ring (bicyclic) bond motifs is 2. The van der Waals surface area contributed by atoms with Gasteiger partial charge in [-0.3, -0.25) is 14.5 Å². The number of ether oxygens (including phenoxy) is 3. The lowest BCUT2D eigenvalue weighted by atomic mass is 9.62. The normalized spacial score (nSPS) is 17.8. The molecule has 1 aliphatic heterocycles. The van der Waals surface area contributed by atoms with Crippen LogP contribution in [-0.4, -0.2) is 53.9 Å². The van der Waals surface area contributed by atoms with Crippen LogP contribution in [0.4, 0.5) is 4.79 Å². The number of amides is 1. The molecule has 0 saturated heterocycles. The third kappa shape index (κ3) is 4.15. The van der Waals surface area contributed by atoms with Gasteiger partial charge in [0.25, 0.3) is 0 Å². The average molecular weight is 484 g/mol. The number of carboxylic acids is 2. The fourth-order valence-electron chi connectivity index (χ4n) is 5.36. The van der Waals surface area contributed by atoms with Gasteiger partial charge in [-0.2, -0.15) is 0 Å². The van der Waals surface area contributed by atoms with Crippen molar-refractivity contribution in [1.82, 2.24) is 4.90 Å². The second kappa shape index (κ2) is 9.48. The van der Waals surface area contributed by atoms with E-state index in [2.05, 4.69) is 0 Å². The van der Waals surface area contributed by atoms with Crippen molar-refractivity contribution in [3.8, 4) is 11.5 Å². The number of hydrogen-bond acceptors (Lipinski definition) is 6. The lowest BCUT2D eigenvalue weighted by Gasteiger charge is -2.52. The Labute approximate surface area is 203 Å². The molecule has 0 bridgehead atoms. The van der Waals surface area contributed by atoms with Crippen LogP contribution in [0.3, 0.4) is 0 Å². The number of nitrogens with zero attached hydrogens (tertiary/aromatic N) is 1. The molecule has 0 aromatic heterocycles. The Morgan fingerprint density at radius 1 is 0.914 bits per heavy atom. The Balaban J connectivity index is 1.72. The first kappa shape index (κ1) is 24.4. The lowest BCUT2D eigenvalue weighted by molar-refractivity contribution is -0.169. The van der Waals surface area contributed by atoms with Crippen molar-refractivity contribution in [2.45, 2.75) is 44.2 Å². The summed E-state index contributed by atoms with van der Waals surface area (Å²) in [5, 5.41) is 19.5. The highest BCUT2D eigenvalue weighted by Crippen LogP contribution is 2.53. The molecule has 0 radical (unpaired) electrons. The van der Waals surface area contributed by atoms with Gasteiger partial charge in [-0.25, -0.2) is 4.79 Å². The molecule has 0 atom stereocenters. The van der Waals surface area contributed by atoms with Crippen molar-refractivity contribution >= 4 is 18.0 Å². The van der Waals surface area contributed by atoms with Crippen LogP contribution < -0.4 is 9.47 Å². The largest absolute Gasteiger partial charge is 0.493 e. The molecule has 1 saturated carbocycles. The van der Waals surface area contributed by atoms with Gasteiger partial charge in [0.2, 0.25) is 0 Å². The first-order chi connectivity index (χ1) is 16.8. The monoisotopic (exact) mass is 483 g/mol. The maximum atomic E-state index is 13.4. The zero-order valence-electron chi connectivity index (χ0n) is 19.8. The van der Waals surface area contributed by atoms with Gasteiger partial charge in [0.05, 0.1) is 19.8 Å². The third-order valence-electron chi connectivity index (χ3n) is 7.41. The van der Waals surface area contributed by atoms with Gasteiger partial charge in [-0.15, -0.1) is 0 Å². The molecule has 2 aromatic rings. The minimum atomic E-state index is -1.89. The topological polar surface area (TPSA) is 123 Å². The Hall–Kier alpha value is -3.75. The molecule has 4 rings (SSSR count). The van der Waals surface area contributed by atoms with Crippen LogP contribution in [0.2, 0.25) is 0 Å². The highest BCUT2D eigenvalue weighted by atomic mass is 16.6. The quantitative estimate of drug-likeness (QED) is 0.595. The molecule has 9 heteroatoms. The van der Waals surface area contributed by atoms with Gasteiger partial charge in [0.15, 0.2) is 16.9 Å². The maximum Gasteiger partial charge on any atom is 0.410 e. The minimum absolute atomic E-state index is 0.0965. The summed E-state index contributed by atoms with van der Waals surface area (Å²) in [6.45, 7) is 0.447. The number of carbonyl (C=O) groups excluding carboxylic acids is 1. The van der Waals surface area contributed by atoms with Crippen molar-refractivity contribution in [1.29, 1.82) is 0 Å². The zero-order valence-corrected chi connectivity index (χ0v) is 19.8. The fraction of sp³-hybridized carbons (Fsp3) is 0.423. The highest BCUT2D eigenvalue weighted by molar-refractivity contribution is 5.98. The number of aliphatic carboxylic acids is 2. The van der Waals surface area contributed by atoms with Crippen LogP contribution in [-0.2, 0) is 32.9 Å². The summed E-state index contributed by atoms with van der Waals surface area (Å²) >= 11 is 0. The molecule has 1 spiro atoms. The van der Waals surface area contributed by atoms with E-state index in [4.69, 9.17) is 14.2 Å². The highest BCUT2D eigenvalue weighted by Gasteiger charge is 2.57. The van der Waals surface area contributed by atoms with E-state index in [9.17, 15) is 24.6 Å². The van der Waals surface area contributed by atoms with Crippen LogP contribution in [0.1, 0.15) is 42.4 Å². The number of rotatable bonds is 6. The standard InChI is InChI=1S/C26H29NO8/c1-33-20-14-18-8-13-27(24(32)35-16-17-6-4-3-5-7-17)26(19(18)15-21(20)34-2)11-9-25(10-12-26,22(28)29)23(30)31/h3-7,14-15H,8-13,16H2,1-2H3,(H,28,29)(H,30,31). The Morgan fingerprint density at radius 3 is 2.09 bits per heavy atom. The summed E-state index contributed by atoms with van der Waals surface area (Å²) in [5.41, 5.74) is -0.206. The predicted octanol–water partition coefficient (Wildman–Crippen LogP) is 3.82. The average Bonchev–Trinajstić information content (AvgIpc) is 2.87. The second-order valence-corrected chi connectivity index (χ2v) is 9.03. The molecule has 9 nitrogen and oxygen atoms in total. The predicted molar refractivity (Wildman–Crippen MR) is 124 cm³/mol. The molecule has 1 fully saturated rings. The SMILES string of the molecule is COc1cc2c(cc1OC)C1(CCC(C(=O)O)(C(=O)O)CC1)N(C(=O)OCc1ccccc1)CC2. The summed E-state index contributed by atoms with van der Waals surface area (Å²) in [6.07, 6.45) is 0.110. The molecule has 2 aromatic carbocycles.